The summed E-state index contributed by atoms with van der Waals surface area (Å²) in [4.78, 5) is 23.5. The molecule has 0 aromatic carbocycles. The summed E-state index contributed by atoms with van der Waals surface area (Å²) in [6, 6.07) is 0. The van der Waals surface area contributed by atoms with Crippen molar-refractivity contribution in [1.82, 2.24) is 14.9 Å². The van der Waals surface area contributed by atoms with Crippen LogP contribution in [0.15, 0.2) is 17.4 Å². The topological polar surface area (TPSA) is 69.2 Å². The molecule has 0 spiro atoms. The molecule has 2 rings (SSSR count). The Morgan fingerprint density at radius 1 is 1.50 bits per heavy atom. The maximum Gasteiger partial charge on any atom is 0.259 e. The fourth-order valence-corrected chi connectivity index (χ4v) is 3.50. The second kappa shape index (κ2) is 7.17. The minimum atomic E-state index is -0.398. The zero-order chi connectivity index (χ0) is 16.3. The second-order valence-corrected chi connectivity index (χ2v) is 6.90. The molecule has 2 aromatic heterocycles. The standard InChI is InChI=1S/C16H23N3O2S/c1-5-6-7-12(20)8-19(4)9-13-17-15(21)14-10(2)11(3)22-16(14)18-13/h5,12,20H,1,6-9H2,2-4H3,(H,17,18,21)/t12-/m1/s1. The minimum Gasteiger partial charge on any atom is -0.392 e. The summed E-state index contributed by atoms with van der Waals surface area (Å²) >= 11 is 1.55. The predicted octanol–water partition coefficient (Wildman–Crippen LogP) is 2.36. The highest BCUT2D eigenvalue weighted by atomic mass is 32.1. The number of thiophene rings is 1. The summed E-state index contributed by atoms with van der Waals surface area (Å²) in [7, 11) is 1.91. The van der Waals surface area contributed by atoms with Gasteiger partial charge in [0.15, 0.2) is 0 Å². The van der Waals surface area contributed by atoms with Gasteiger partial charge in [-0.2, -0.15) is 0 Å². The largest absolute Gasteiger partial charge is 0.392 e. The molecule has 0 fully saturated rings. The maximum absolute atomic E-state index is 12.2. The van der Waals surface area contributed by atoms with E-state index in [9.17, 15) is 9.90 Å². The van der Waals surface area contributed by atoms with Gasteiger partial charge in [-0.25, -0.2) is 4.98 Å². The number of aromatic amines is 1. The summed E-state index contributed by atoms with van der Waals surface area (Å²) in [5.41, 5.74) is 0.927. The van der Waals surface area contributed by atoms with Crippen molar-refractivity contribution in [2.45, 2.75) is 39.3 Å². The van der Waals surface area contributed by atoms with Gasteiger partial charge in [-0.05, 0) is 39.3 Å². The smallest absolute Gasteiger partial charge is 0.259 e. The number of fused-ring (bicyclic) bond motifs is 1. The number of H-pyrrole nitrogens is 1. The molecule has 6 heteroatoms. The number of hydrogen-bond donors (Lipinski definition) is 2. The van der Waals surface area contributed by atoms with E-state index in [0.717, 1.165) is 21.7 Å². The molecule has 0 unspecified atom stereocenters. The van der Waals surface area contributed by atoms with Gasteiger partial charge in [0.25, 0.3) is 5.56 Å². The van der Waals surface area contributed by atoms with Crippen LogP contribution in [0.3, 0.4) is 0 Å². The van der Waals surface area contributed by atoms with Crippen LogP contribution in [0.2, 0.25) is 0 Å². The molecule has 0 aliphatic rings. The van der Waals surface area contributed by atoms with Gasteiger partial charge in [0.2, 0.25) is 0 Å². The lowest BCUT2D eigenvalue weighted by molar-refractivity contribution is 0.115. The SMILES string of the molecule is C=CCC[C@@H](O)CN(C)Cc1nc2sc(C)c(C)c2c(=O)[nH]1. The lowest BCUT2D eigenvalue weighted by atomic mass is 10.2. The van der Waals surface area contributed by atoms with Gasteiger partial charge in [-0.3, -0.25) is 9.69 Å². The van der Waals surface area contributed by atoms with E-state index in [0.29, 0.717) is 30.7 Å². The molecule has 0 amide bonds. The Kier molecular flexibility index (Phi) is 5.50. The molecule has 22 heavy (non-hydrogen) atoms. The summed E-state index contributed by atoms with van der Waals surface area (Å²) in [6.45, 7) is 8.65. The number of hydrogen-bond acceptors (Lipinski definition) is 5. The van der Waals surface area contributed by atoms with Crippen LogP contribution < -0.4 is 5.56 Å². The normalized spacial score (nSPS) is 13.0. The first kappa shape index (κ1) is 16.9. The van der Waals surface area contributed by atoms with Gasteiger partial charge in [-0.15, -0.1) is 17.9 Å². The van der Waals surface area contributed by atoms with E-state index in [1.165, 1.54) is 0 Å². The van der Waals surface area contributed by atoms with Crippen molar-refractivity contribution in [2.24, 2.45) is 0 Å². The Bertz CT molecular complexity index is 720. The van der Waals surface area contributed by atoms with Crippen LogP contribution in [0.4, 0.5) is 0 Å². The van der Waals surface area contributed by atoms with Crippen molar-refractivity contribution in [1.29, 1.82) is 0 Å². The Balaban J connectivity index is 2.11. The molecule has 2 N–H and O–H groups in total. The molecular weight excluding hydrogens is 298 g/mol. The van der Waals surface area contributed by atoms with Crippen LogP contribution in [-0.2, 0) is 6.54 Å². The van der Waals surface area contributed by atoms with Crippen molar-refractivity contribution >= 4 is 21.6 Å². The number of rotatable bonds is 7. The van der Waals surface area contributed by atoms with Gasteiger partial charge in [0.1, 0.15) is 10.7 Å². The average molecular weight is 321 g/mol. The zero-order valence-electron chi connectivity index (χ0n) is 13.3. The number of aliphatic hydroxyl groups is 1. The van der Waals surface area contributed by atoms with Crippen LogP contribution in [0.25, 0.3) is 10.2 Å². The monoisotopic (exact) mass is 321 g/mol. The number of likely N-dealkylation sites (N-methyl/N-ethyl adjacent to an activating group) is 1. The lowest BCUT2D eigenvalue weighted by Gasteiger charge is -2.19. The highest BCUT2D eigenvalue weighted by molar-refractivity contribution is 7.18. The van der Waals surface area contributed by atoms with Crippen LogP contribution in [-0.4, -0.2) is 39.7 Å². The summed E-state index contributed by atoms with van der Waals surface area (Å²) < 4.78 is 0. The van der Waals surface area contributed by atoms with Crippen LogP contribution in [0, 0.1) is 13.8 Å². The predicted molar refractivity (Wildman–Crippen MR) is 91.5 cm³/mol. The van der Waals surface area contributed by atoms with E-state index < -0.39 is 6.10 Å². The van der Waals surface area contributed by atoms with Crippen LogP contribution in [0.5, 0.6) is 0 Å². The molecule has 120 valence electrons. The Labute approximate surface area is 134 Å². The summed E-state index contributed by atoms with van der Waals surface area (Å²) in [5.74, 6) is 0.636. The fourth-order valence-electron chi connectivity index (χ4n) is 2.46. The molecule has 0 saturated carbocycles. The van der Waals surface area contributed by atoms with E-state index >= 15 is 0 Å². The molecule has 1 atom stereocenters. The molecule has 0 aliphatic carbocycles. The minimum absolute atomic E-state index is 0.0811. The van der Waals surface area contributed by atoms with Gasteiger partial charge in [-0.1, -0.05) is 6.08 Å². The number of nitrogens with one attached hydrogen (secondary N) is 1. The summed E-state index contributed by atoms with van der Waals surface area (Å²) in [5, 5.41) is 10.6. The quantitative estimate of drug-likeness (QED) is 0.768. The average Bonchev–Trinajstić information content (AvgIpc) is 2.71. The van der Waals surface area contributed by atoms with Crippen molar-refractivity contribution in [2.75, 3.05) is 13.6 Å². The van der Waals surface area contributed by atoms with Crippen molar-refractivity contribution in [3.05, 3.63) is 39.3 Å². The third-order valence-corrected chi connectivity index (χ3v) is 4.84. The fraction of sp³-hybridized carbons (Fsp3) is 0.500. The highest BCUT2D eigenvalue weighted by Crippen LogP contribution is 2.25. The van der Waals surface area contributed by atoms with E-state index in [1.807, 2.05) is 25.8 Å². The molecule has 2 heterocycles. The van der Waals surface area contributed by atoms with E-state index in [4.69, 9.17) is 0 Å². The first-order chi connectivity index (χ1) is 10.4. The number of aryl methyl sites for hydroxylation is 2. The molecule has 5 nitrogen and oxygen atoms in total. The molecule has 2 aromatic rings. The zero-order valence-corrected chi connectivity index (χ0v) is 14.2. The summed E-state index contributed by atoms with van der Waals surface area (Å²) in [6.07, 6.45) is 2.89. The Morgan fingerprint density at radius 3 is 2.91 bits per heavy atom. The molecule has 0 radical (unpaired) electrons. The van der Waals surface area contributed by atoms with Crippen molar-refractivity contribution < 1.29 is 5.11 Å². The molecule has 0 bridgehead atoms. The molecule has 0 aliphatic heterocycles. The van der Waals surface area contributed by atoms with Crippen LogP contribution in [0.1, 0.15) is 29.1 Å². The van der Waals surface area contributed by atoms with Crippen molar-refractivity contribution in [3.8, 4) is 0 Å². The second-order valence-electron chi connectivity index (χ2n) is 5.69. The number of aliphatic hydroxyl groups excluding tert-OH is 1. The highest BCUT2D eigenvalue weighted by Gasteiger charge is 2.14. The third-order valence-electron chi connectivity index (χ3n) is 3.73. The van der Waals surface area contributed by atoms with Crippen LogP contribution >= 0.6 is 11.3 Å². The number of aromatic nitrogens is 2. The first-order valence-electron chi connectivity index (χ1n) is 7.38. The van der Waals surface area contributed by atoms with E-state index in [2.05, 4.69) is 16.5 Å². The van der Waals surface area contributed by atoms with E-state index in [1.54, 1.807) is 17.4 Å². The Morgan fingerprint density at radius 2 is 2.23 bits per heavy atom. The molecule has 0 saturated heterocycles. The Hall–Kier alpha value is -1.50. The number of allylic oxidation sites excluding steroid dienone is 1. The first-order valence-corrected chi connectivity index (χ1v) is 8.20. The van der Waals surface area contributed by atoms with Crippen molar-refractivity contribution in [3.63, 3.8) is 0 Å². The third kappa shape index (κ3) is 3.82. The maximum atomic E-state index is 12.2. The lowest BCUT2D eigenvalue weighted by Crippen LogP contribution is -2.30. The van der Waals surface area contributed by atoms with Gasteiger partial charge in [0, 0.05) is 11.4 Å². The number of nitrogens with zero attached hydrogens (tertiary/aromatic N) is 2. The van der Waals surface area contributed by atoms with Gasteiger partial charge < -0.3 is 10.1 Å². The van der Waals surface area contributed by atoms with Gasteiger partial charge >= 0.3 is 0 Å². The van der Waals surface area contributed by atoms with E-state index in [-0.39, 0.29) is 5.56 Å². The molecular formula is C16H23N3O2S. The van der Waals surface area contributed by atoms with Gasteiger partial charge in [0.05, 0.1) is 18.0 Å².